The Hall–Kier alpha value is -0.570. The zero-order valence-corrected chi connectivity index (χ0v) is 12.5. The van der Waals surface area contributed by atoms with Gasteiger partial charge in [-0.3, -0.25) is 0 Å². The lowest BCUT2D eigenvalue weighted by Crippen LogP contribution is -2.40. The molecule has 0 aromatic heterocycles. The Morgan fingerprint density at radius 2 is 2.05 bits per heavy atom. The van der Waals surface area contributed by atoms with E-state index in [9.17, 15) is 5.11 Å². The molecule has 2 nitrogen and oxygen atoms in total. The van der Waals surface area contributed by atoms with E-state index in [4.69, 9.17) is 11.6 Å². The van der Waals surface area contributed by atoms with E-state index < -0.39 is 6.10 Å². The summed E-state index contributed by atoms with van der Waals surface area (Å²) in [5.41, 5.74) is 0.813. The summed E-state index contributed by atoms with van der Waals surface area (Å²) in [5.74, 6) is 1.52. The van der Waals surface area contributed by atoms with Gasteiger partial charge in [0.1, 0.15) is 0 Å². The predicted molar refractivity (Wildman–Crippen MR) is 80.4 cm³/mol. The quantitative estimate of drug-likeness (QED) is 0.880. The van der Waals surface area contributed by atoms with Crippen molar-refractivity contribution in [3.8, 4) is 0 Å². The molecule has 0 spiro atoms. The first-order valence-corrected chi connectivity index (χ1v) is 7.61. The summed E-state index contributed by atoms with van der Waals surface area (Å²) in [7, 11) is 0. The summed E-state index contributed by atoms with van der Waals surface area (Å²) < 4.78 is 0. The molecule has 0 saturated heterocycles. The summed E-state index contributed by atoms with van der Waals surface area (Å²) in [6.45, 7) is 5.20. The van der Waals surface area contributed by atoms with Gasteiger partial charge < -0.3 is 10.4 Å². The zero-order valence-electron chi connectivity index (χ0n) is 11.8. The highest BCUT2D eigenvalue weighted by Crippen LogP contribution is 2.29. The second kappa shape index (κ2) is 6.74. The lowest BCUT2D eigenvalue weighted by molar-refractivity contribution is 0.151. The van der Waals surface area contributed by atoms with Crippen molar-refractivity contribution in [3.05, 3.63) is 34.9 Å². The van der Waals surface area contributed by atoms with Gasteiger partial charge in [-0.25, -0.2) is 0 Å². The molecule has 0 radical (unpaired) electrons. The van der Waals surface area contributed by atoms with Gasteiger partial charge in [-0.2, -0.15) is 0 Å². The van der Waals surface area contributed by atoms with Crippen molar-refractivity contribution in [2.45, 2.75) is 45.3 Å². The fraction of sp³-hybridized carbons (Fsp3) is 0.625. The minimum absolute atomic E-state index is 0.522. The standard InChI is InChI=1S/C16H24ClNO/c1-11-7-8-15(12(2)9-11)18-10-16(19)13-5-3-4-6-14(13)17/h3-6,11-12,15-16,18-19H,7-10H2,1-2H3. The normalized spacial score (nSPS) is 29.2. The largest absolute Gasteiger partial charge is 0.387 e. The first kappa shape index (κ1) is 14.8. The second-order valence-corrected chi connectivity index (χ2v) is 6.35. The van der Waals surface area contributed by atoms with Crippen LogP contribution in [0.2, 0.25) is 5.02 Å². The fourth-order valence-corrected chi connectivity index (χ4v) is 3.35. The molecular weight excluding hydrogens is 258 g/mol. The molecule has 1 fully saturated rings. The SMILES string of the molecule is CC1CCC(NCC(O)c2ccccc2Cl)C(C)C1. The van der Waals surface area contributed by atoms with E-state index in [0.717, 1.165) is 11.5 Å². The summed E-state index contributed by atoms with van der Waals surface area (Å²) in [4.78, 5) is 0. The average molecular weight is 282 g/mol. The average Bonchev–Trinajstić information content (AvgIpc) is 2.38. The van der Waals surface area contributed by atoms with Gasteiger partial charge in [0.2, 0.25) is 0 Å². The Labute approximate surface area is 121 Å². The third-order valence-corrected chi connectivity index (χ3v) is 4.61. The molecule has 0 bridgehead atoms. The van der Waals surface area contributed by atoms with Crippen LogP contribution in [0.5, 0.6) is 0 Å². The maximum absolute atomic E-state index is 10.2. The maximum Gasteiger partial charge on any atom is 0.0928 e. The summed E-state index contributed by atoms with van der Waals surface area (Å²) in [5, 5.41) is 14.4. The first-order valence-electron chi connectivity index (χ1n) is 7.23. The molecule has 0 amide bonds. The van der Waals surface area contributed by atoms with Gasteiger partial charge >= 0.3 is 0 Å². The molecule has 1 saturated carbocycles. The molecule has 1 aliphatic carbocycles. The van der Waals surface area contributed by atoms with E-state index in [2.05, 4.69) is 19.2 Å². The number of benzene rings is 1. The molecule has 3 heteroatoms. The minimum atomic E-state index is -0.528. The van der Waals surface area contributed by atoms with Crippen molar-refractivity contribution in [2.24, 2.45) is 11.8 Å². The zero-order chi connectivity index (χ0) is 13.8. The van der Waals surface area contributed by atoms with Crippen LogP contribution in [0, 0.1) is 11.8 Å². The lowest BCUT2D eigenvalue weighted by Gasteiger charge is -2.34. The van der Waals surface area contributed by atoms with Crippen LogP contribution >= 0.6 is 11.6 Å². The maximum atomic E-state index is 10.2. The Bertz CT molecular complexity index is 409. The Morgan fingerprint density at radius 1 is 1.32 bits per heavy atom. The van der Waals surface area contributed by atoms with Crippen molar-refractivity contribution in [1.82, 2.24) is 5.32 Å². The highest BCUT2D eigenvalue weighted by molar-refractivity contribution is 6.31. The number of aliphatic hydroxyl groups excluding tert-OH is 1. The van der Waals surface area contributed by atoms with Crippen LogP contribution in [-0.2, 0) is 0 Å². The van der Waals surface area contributed by atoms with E-state index in [0.29, 0.717) is 23.5 Å². The van der Waals surface area contributed by atoms with Crippen molar-refractivity contribution in [1.29, 1.82) is 0 Å². The topological polar surface area (TPSA) is 32.3 Å². The second-order valence-electron chi connectivity index (χ2n) is 5.95. The first-order chi connectivity index (χ1) is 9.08. The highest BCUT2D eigenvalue weighted by Gasteiger charge is 2.25. The minimum Gasteiger partial charge on any atom is -0.387 e. The van der Waals surface area contributed by atoms with E-state index in [1.165, 1.54) is 19.3 Å². The van der Waals surface area contributed by atoms with Gasteiger partial charge in [0.05, 0.1) is 6.10 Å². The number of hydrogen-bond donors (Lipinski definition) is 2. The molecule has 4 unspecified atom stereocenters. The molecule has 1 aromatic rings. The van der Waals surface area contributed by atoms with Crippen LogP contribution in [0.3, 0.4) is 0 Å². The van der Waals surface area contributed by atoms with Gasteiger partial charge in [0, 0.05) is 23.2 Å². The molecule has 106 valence electrons. The lowest BCUT2D eigenvalue weighted by atomic mass is 9.80. The molecule has 2 rings (SSSR count). The van der Waals surface area contributed by atoms with E-state index in [1.54, 1.807) is 0 Å². The number of aliphatic hydroxyl groups is 1. The van der Waals surface area contributed by atoms with Crippen molar-refractivity contribution >= 4 is 11.6 Å². The van der Waals surface area contributed by atoms with Crippen LogP contribution in [0.25, 0.3) is 0 Å². The van der Waals surface area contributed by atoms with E-state index >= 15 is 0 Å². The van der Waals surface area contributed by atoms with Crippen LogP contribution in [0.4, 0.5) is 0 Å². The number of rotatable bonds is 4. The third-order valence-electron chi connectivity index (χ3n) is 4.27. The van der Waals surface area contributed by atoms with E-state index in [1.807, 2.05) is 24.3 Å². The van der Waals surface area contributed by atoms with Gasteiger partial charge in [0.15, 0.2) is 0 Å². The Morgan fingerprint density at radius 3 is 2.74 bits per heavy atom. The molecule has 2 N–H and O–H groups in total. The molecule has 0 heterocycles. The number of halogens is 1. The highest BCUT2D eigenvalue weighted by atomic mass is 35.5. The molecule has 4 atom stereocenters. The number of hydrogen-bond acceptors (Lipinski definition) is 2. The molecule has 19 heavy (non-hydrogen) atoms. The predicted octanol–water partition coefficient (Wildman–Crippen LogP) is 3.79. The fourth-order valence-electron chi connectivity index (χ4n) is 3.09. The summed E-state index contributed by atoms with van der Waals surface area (Å²) in [6.07, 6.45) is 3.24. The van der Waals surface area contributed by atoms with Crippen molar-refractivity contribution in [3.63, 3.8) is 0 Å². The molecular formula is C16H24ClNO. The smallest absolute Gasteiger partial charge is 0.0928 e. The van der Waals surface area contributed by atoms with Gasteiger partial charge in [0.25, 0.3) is 0 Å². The Kier molecular flexibility index (Phi) is 5.26. The monoisotopic (exact) mass is 281 g/mol. The van der Waals surface area contributed by atoms with Gasteiger partial charge in [-0.05, 0) is 37.2 Å². The summed E-state index contributed by atoms with van der Waals surface area (Å²) >= 11 is 6.10. The van der Waals surface area contributed by atoms with Crippen LogP contribution in [-0.4, -0.2) is 17.7 Å². The number of nitrogens with one attached hydrogen (secondary N) is 1. The third kappa shape index (κ3) is 3.95. The molecule has 1 aliphatic rings. The van der Waals surface area contributed by atoms with E-state index in [-0.39, 0.29) is 0 Å². The molecule has 0 aliphatic heterocycles. The van der Waals surface area contributed by atoms with Gasteiger partial charge in [-0.1, -0.05) is 43.6 Å². The van der Waals surface area contributed by atoms with Crippen LogP contribution < -0.4 is 5.32 Å². The van der Waals surface area contributed by atoms with Crippen LogP contribution in [0.15, 0.2) is 24.3 Å². The van der Waals surface area contributed by atoms with Gasteiger partial charge in [-0.15, -0.1) is 0 Å². The summed E-state index contributed by atoms with van der Waals surface area (Å²) in [6, 6.07) is 8.03. The Balaban J connectivity index is 1.87. The molecule has 1 aromatic carbocycles. The van der Waals surface area contributed by atoms with Crippen LogP contribution in [0.1, 0.15) is 44.8 Å². The van der Waals surface area contributed by atoms with Crippen molar-refractivity contribution < 1.29 is 5.11 Å². The van der Waals surface area contributed by atoms with Crippen molar-refractivity contribution in [2.75, 3.05) is 6.54 Å².